The second kappa shape index (κ2) is 8.45. The molecule has 0 aromatic heterocycles. The van der Waals surface area contributed by atoms with Crippen molar-refractivity contribution in [3.8, 4) is 5.75 Å². The highest BCUT2D eigenvalue weighted by Gasteiger charge is 2.30. The fraction of sp³-hybridized carbons (Fsp3) is 0.167. The molecule has 0 atom stereocenters. The summed E-state index contributed by atoms with van der Waals surface area (Å²) in [5.41, 5.74) is -0.577. The van der Waals surface area contributed by atoms with Crippen molar-refractivity contribution in [2.24, 2.45) is 0 Å². The van der Waals surface area contributed by atoms with Crippen molar-refractivity contribution in [2.45, 2.75) is 41.1 Å². The lowest BCUT2D eigenvalue weighted by atomic mass is 10.1. The molecule has 138 valence electrons. The standard InChI is InChI=1S/C24H24FOS/c1-4-17-24(2,3)26-23-18-21(15-16-22(23)25)27(19-11-7-5-8-12-19)20-13-9-6-10-14-20/h4-18H,1-3H3/q+1/b17-4-. The molecule has 27 heavy (non-hydrogen) atoms. The van der Waals surface area contributed by atoms with E-state index < -0.39 is 5.60 Å². The second-order valence-electron chi connectivity index (χ2n) is 6.73. The van der Waals surface area contributed by atoms with Crippen molar-refractivity contribution in [1.29, 1.82) is 0 Å². The smallest absolute Gasteiger partial charge is 0.170 e. The molecule has 3 heteroatoms. The third kappa shape index (κ3) is 4.81. The Bertz CT molecular complexity index is 865. The van der Waals surface area contributed by atoms with E-state index in [-0.39, 0.29) is 22.5 Å². The average Bonchev–Trinajstić information content (AvgIpc) is 2.66. The van der Waals surface area contributed by atoms with Crippen molar-refractivity contribution >= 4 is 10.9 Å². The fourth-order valence-corrected chi connectivity index (χ4v) is 5.03. The van der Waals surface area contributed by atoms with E-state index >= 15 is 0 Å². The Kier molecular flexibility index (Phi) is 6.02. The van der Waals surface area contributed by atoms with Gasteiger partial charge in [0.1, 0.15) is 5.60 Å². The average molecular weight is 380 g/mol. The summed E-state index contributed by atoms with van der Waals surface area (Å²) < 4.78 is 20.4. The second-order valence-corrected chi connectivity index (χ2v) is 8.76. The van der Waals surface area contributed by atoms with E-state index in [1.165, 1.54) is 15.9 Å². The van der Waals surface area contributed by atoms with Gasteiger partial charge in [-0.2, -0.15) is 0 Å². The summed E-state index contributed by atoms with van der Waals surface area (Å²) in [7, 11) is -0.330. The molecule has 0 aliphatic rings. The minimum atomic E-state index is -0.577. The number of allylic oxidation sites excluding steroid dienone is 1. The molecular weight excluding hydrogens is 355 g/mol. The topological polar surface area (TPSA) is 9.23 Å². The van der Waals surface area contributed by atoms with Gasteiger partial charge in [0.05, 0.1) is 10.9 Å². The minimum Gasteiger partial charge on any atom is -0.481 e. The van der Waals surface area contributed by atoms with Gasteiger partial charge in [-0.3, -0.25) is 0 Å². The Morgan fingerprint density at radius 3 is 1.89 bits per heavy atom. The van der Waals surface area contributed by atoms with Crippen LogP contribution < -0.4 is 4.74 Å². The molecule has 0 bridgehead atoms. The number of hydrogen-bond acceptors (Lipinski definition) is 1. The molecule has 0 N–H and O–H groups in total. The highest BCUT2D eigenvalue weighted by atomic mass is 32.2. The van der Waals surface area contributed by atoms with Gasteiger partial charge in [0.15, 0.2) is 26.3 Å². The van der Waals surface area contributed by atoms with Gasteiger partial charge in [-0.15, -0.1) is 0 Å². The van der Waals surface area contributed by atoms with Crippen LogP contribution in [0.15, 0.2) is 106 Å². The van der Waals surface area contributed by atoms with Crippen LogP contribution in [0.3, 0.4) is 0 Å². The van der Waals surface area contributed by atoms with Crippen LogP contribution in [0, 0.1) is 5.82 Å². The van der Waals surface area contributed by atoms with Crippen molar-refractivity contribution < 1.29 is 9.13 Å². The zero-order chi connectivity index (χ0) is 19.3. The predicted molar refractivity (Wildman–Crippen MR) is 111 cm³/mol. The Morgan fingerprint density at radius 1 is 0.815 bits per heavy atom. The molecule has 3 aromatic rings. The molecule has 0 amide bonds. The lowest BCUT2D eigenvalue weighted by Crippen LogP contribution is -2.25. The highest BCUT2D eigenvalue weighted by Crippen LogP contribution is 2.34. The SMILES string of the molecule is C/C=C\C(C)(C)Oc1cc([S+](c2ccccc2)c2ccccc2)ccc1F. The van der Waals surface area contributed by atoms with Gasteiger partial charge in [0.25, 0.3) is 0 Å². The van der Waals surface area contributed by atoms with Crippen LogP contribution in [-0.2, 0) is 10.9 Å². The molecule has 0 heterocycles. The van der Waals surface area contributed by atoms with Crippen LogP contribution in [0.1, 0.15) is 20.8 Å². The first-order valence-corrected chi connectivity index (χ1v) is 10.2. The van der Waals surface area contributed by atoms with Crippen LogP contribution in [0.25, 0.3) is 0 Å². The molecule has 3 aromatic carbocycles. The Balaban J connectivity index is 2.07. The van der Waals surface area contributed by atoms with Gasteiger partial charge in [0.2, 0.25) is 0 Å². The normalized spacial score (nSPS) is 11.9. The Hall–Kier alpha value is -2.52. The molecule has 3 rings (SSSR count). The maximum Gasteiger partial charge on any atom is 0.170 e. The monoisotopic (exact) mass is 379 g/mol. The summed E-state index contributed by atoms with van der Waals surface area (Å²) in [5.74, 6) is -0.0686. The van der Waals surface area contributed by atoms with E-state index in [0.717, 1.165) is 4.90 Å². The molecule has 0 saturated heterocycles. The van der Waals surface area contributed by atoms with E-state index in [2.05, 4.69) is 24.3 Å². The van der Waals surface area contributed by atoms with Gasteiger partial charge in [0, 0.05) is 6.07 Å². The summed E-state index contributed by atoms with van der Waals surface area (Å²) in [6.45, 7) is 5.78. The maximum atomic E-state index is 14.5. The van der Waals surface area contributed by atoms with Gasteiger partial charge in [-0.25, -0.2) is 4.39 Å². The number of hydrogen-bond donors (Lipinski definition) is 0. The van der Waals surface area contributed by atoms with Crippen molar-refractivity contribution in [2.75, 3.05) is 0 Å². The quantitative estimate of drug-likeness (QED) is 0.344. The maximum absolute atomic E-state index is 14.5. The van der Waals surface area contributed by atoms with E-state index in [9.17, 15) is 4.39 Å². The zero-order valence-corrected chi connectivity index (χ0v) is 16.7. The Morgan fingerprint density at radius 2 is 1.37 bits per heavy atom. The van der Waals surface area contributed by atoms with Crippen LogP contribution in [0.2, 0.25) is 0 Å². The van der Waals surface area contributed by atoms with Crippen LogP contribution in [-0.4, -0.2) is 5.60 Å². The first-order valence-electron chi connectivity index (χ1n) is 8.97. The van der Waals surface area contributed by atoms with Gasteiger partial charge in [-0.1, -0.05) is 42.5 Å². The Labute approximate surface area is 163 Å². The third-order valence-corrected chi connectivity index (χ3v) is 6.25. The molecular formula is C24H24FOS+. The van der Waals surface area contributed by atoms with Crippen LogP contribution >= 0.6 is 0 Å². The predicted octanol–water partition coefficient (Wildman–Crippen LogP) is 6.65. The lowest BCUT2D eigenvalue weighted by Gasteiger charge is -2.23. The molecule has 0 radical (unpaired) electrons. The molecule has 0 fully saturated rings. The lowest BCUT2D eigenvalue weighted by molar-refractivity contribution is 0.154. The first-order chi connectivity index (χ1) is 13.0. The van der Waals surface area contributed by atoms with E-state index in [1.54, 1.807) is 0 Å². The first kappa shape index (κ1) is 19.2. The number of halogens is 1. The number of ether oxygens (including phenoxy) is 1. The van der Waals surface area contributed by atoms with Crippen molar-refractivity contribution in [1.82, 2.24) is 0 Å². The molecule has 0 aliphatic carbocycles. The number of benzene rings is 3. The molecule has 0 unspecified atom stereocenters. The van der Waals surface area contributed by atoms with Crippen LogP contribution in [0.4, 0.5) is 4.39 Å². The molecule has 1 nitrogen and oxygen atoms in total. The van der Waals surface area contributed by atoms with Gasteiger partial charge >= 0.3 is 0 Å². The van der Waals surface area contributed by atoms with E-state index in [0.29, 0.717) is 0 Å². The van der Waals surface area contributed by atoms with Crippen LogP contribution in [0.5, 0.6) is 5.75 Å². The molecule has 0 saturated carbocycles. The van der Waals surface area contributed by atoms with E-state index in [1.807, 2.05) is 81.5 Å². The van der Waals surface area contributed by atoms with Gasteiger partial charge < -0.3 is 4.74 Å². The zero-order valence-electron chi connectivity index (χ0n) is 15.9. The summed E-state index contributed by atoms with van der Waals surface area (Å²) in [6.07, 6.45) is 3.84. The summed E-state index contributed by atoms with van der Waals surface area (Å²) in [5, 5.41) is 0. The van der Waals surface area contributed by atoms with E-state index in [4.69, 9.17) is 4.74 Å². The van der Waals surface area contributed by atoms with Crippen molar-refractivity contribution in [3.05, 3.63) is 96.8 Å². The van der Waals surface area contributed by atoms with Gasteiger partial charge in [-0.05, 0) is 63.2 Å². The number of rotatable bonds is 6. The minimum absolute atomic E-state index is 0.278. The summed E-state index contributed by atoms with van der Waals surface area (Å²) >= 11 is 0. The van der Waals surface area contributed by atoms with Crippen molar-refractivity contribution in [3.63, 3.8) is 0 Å². The molecule has 0 aliphatic heterocycles. The fourth-order valence-electron chi connectivity index (χ4n) is 2.93. The third-order valence-electron chi connectivity index (χ3n) is 4.04. The summed E-state index contributed by atoms with van der Waals surface area (Å²) in [4.78, 5) is 3.41. The molecule has 0 spiro atoms. The largest absolute Gasteiger partial charge is 0.481 e. The summed E-state index contributed by atoms with van der Waals surface area (Å²) in [6, 6.07) is 25.8. The highest BCUT2D eigenvalue weighted by molar-refractivity contribution is 7.97.